The Kier molecular flexibility index (Phi) is 4.76. The van der Waals surface area contributed by atoms with Crippen molar-refractivity contribution in [3.63, 3.8) is 0 Å². The van der Waals surface area contributed by atoms with Gasteiger partial charge in [-0.05, 0) is 56.4 Å². The van der Waals surface area contributed by atoms with Gasteiger partial charge in [0.1, 0.15) is 5.82 Å². The van der Waals surface area contributed by atoms with Crippen molar-refractivity contribution in [1.82, 2.24) is 10.3 Å². The predicted octanol–water partition coefficient (Wildman–Crippen LogP) is 3.23. The largest absolute Gasteiger partial charge is 0.356 e. The Morgan fingerprint density at radius 1 is 1.43 bits per heavy atom. The summed E-state index contributed by atoms with van der Waals surface area (Å²) < 4.78 is 0. The number of rotatable bonds is 4. The minimum Gasteiger partial charge on any atom is -0.356 e. The third-order valence-corrected chi connectivity index (χ3v) is 5.17. The lowest BCUT2D eigenvalue weighted by atomic mass is 10.1. The lowest BCUT2D eigenvalue weighted by Gasteiger charge is -2.19. The van der Waals surface area contributed by atoms with Crippen molar-refractivity contribution in [3.8, 4) is 0 Å². The van der Waals surface area contributed by atoms with Crippen LogP contribution in [0, 0.1) is 12.8 Å². The number of hydrogen-bond acceptors (Lipinski definition) is 4. The molecule has 5 heteroatoms. The molecule has 122 valence electrons. The monoisotopic (exact) mass is 329 g/mol. The van der Waals surface area contributed by atoms with Crippen LogP contribution in [0.3, 0.4) is 0 Å². The van der Waals surface area contributed by atoms with E-state index in [4.69, 9.17) is 4.98 Å². The smallest absolute Gasteiger partial charge is 0.224 e. The summed E-state index contributed by atoms with van der Waals surface area (Å²) in [6.45, 7) is 6.44. The maximum absolute atomic E-state index is 12.0. The summed E-state index contributed by atoms with van der Waals surface area (Å²) in [7, 11) is 0. The van der Waals surface area contributed by atoms with E-state index in [-0.39, 0.29) is 11.8 Å². The van der Waals surface area contributed by atoms with Gasteiger partial charge in [-0.3, -0.25) is 4.79 Å². The number of anilines is 1. The first-order valence-corrected chi connectivity index (χ1v) is 9.33. The van der Waals surface area contributed by atoms with Crippen molar-refractivity contribution in [3.05, 3.63) is 29.8 Å². The molecule has 1 aliphatic heterocycles. The minimum absolute atomic E-state index is 0.0756. The number of benzene rings is 1. The van der Waals surface area contributed by atoms with E-state index in [0.29, 0.717) is 6.54 Å². The lowest BCUT2D eigenvalue weighted by Crippen LogP contribution is -2.32. The van der Waals surface area contributed by atoms with Gasteiger partial charge in [-0.1, -0.05) is 0 Å². The molecular formula is C18H23N3OS. The molecule has 2 aromatic rings. The molecule has 1 aliphatic rings. The molecule has 1 saturated heterocycles. The van der Waals surface area contributed by atoms with Gasteiger partial charge in [0.15, 0.2) is 0 Å². The zero-order valence-electron chi connectivity index (χ0n) is 13.9. The van der Waals surface area contributed by atoms with E-state index in [1.54, 1.807) is 11.8 Å². The highest BCUT2D eigenvalue weighted by atomic mass is 32.2. The fourth-order valence-electron chi connectivity index (χ4n) is 3.15. The second-order valence-corrected chi connectivity index (χ2v) is 6.89. The highest BCUT2D eigenvalue weighted by Crippen LogP contribution is 2.29. The SMILES string of the molecule is CCNC(=O)C1CCN(c2cc(C)c3cc(SC)ccc3n2)C1. The minimum atomic E-state index is 0.0756. The van der Waals surface area contributed by atoms with Gasteiger partial charge < -0.3 is 10.2 Å². The normalized spacial score (nSPS) is 17.7. The van der Waals surface area contributed by atoms with Crippen LogP contribution in [0.4, 0.5) is 5.82 Å². The Hall–Kier alpha value is -1.75. The quantitative estimate of drug-likeness (QED) is 0.875. The summed E-state index contributed by atoms with van der Waals surface area (Å²) in [6.07, 6.45) is 2.99. The van der Waals surface area contributed by atoms with Crippen molar-refractivity contribution >= 4 is 34.4 Å². The Morgan fingerprint density at radius 3 is 3.00 bits per heavy atom. The zero-order valence-corrected chi connectivity index (χ0v) is 14.7. The fraction of sp³-hybridized carbons (Fsp3) is 0.444. The third-order valence-electron chi connectivity index (χ3n) is 4.44. The molecule has 1 aromatic heterocycles. The van der Waals surface area contributed by atoms with E-state index in [0.717, 1.165) is 30.8 Å². The summed E-state index contributed by atoms with van der Waals surface area (Å²) >= 11 is 1.75. The van der Waals surface area contributed by atoms with Crippen LogP contribution in [-0.4, -0.2) is 36.8 Å². The van der Waals surface area contributed by atoms with Crippen LogP contribution >= 0.6 is 11.8 Å². The molecular weight excluding hydrogens is 306 g/mol. The number of nitrogens with zero attached hydrogens (tertiary/aromatic N) is 2. The number of amides is 1. The highest BCUT2D eigenvalue weighted by molar-refractivity contribution is 7.98. The van der Waals surface area contributed by atoms with E-state index in [9.17, 15) is 4.79 Å². The molecule has 1 atom stereocenters. The van der Waals surface area contributed by atoms with Gasteiger partial charge in [0.25, 0.3) is 0 Å². The summed E-state index contributed by atoms with van der Waals surface area (Å²) in [6, 6.07) is 8.56. The Balaban J connectivity index is 1.85. The Morgan fingerprint density at radius 2 is 2.26 bits per heavy atom. The lowest BCUT2D eigenvalue weighted by molar-refractivity contribution is -0.124. The first-order chi connectivity index (χ1) is 11.1. The molecule has 23 heavy (non-hydrogen) atoms. The molecule has 1 amide bonds. The van der Waals surface area contributed by atoms with Crippen LogP contribution in [0.1, 0.15) is 18.9 Å². The number of pyridine rings is 1. The standard InChI is InChI=1S/C18H23N3OS/c1-4-19-18(22)13-7-8-21(11-13)17-9-12(2)15-10-14(23-3)5-6-16(15)20-17/h5-6,9-10,13H,4,7-8,11H2,1-3H3,(H,19,22). The molecule has 3 rings (SSSR count). The van der Waals surface area contributed by atoms with Crippen LogP contribution in [0.5, 0.6) is 0 Å². The van der Waals surface area contributed by atoms with Crippen molar-refractivity contribution < 1.29 is 4.79 Å². The topological polar surface area (TPSA) is 45.2 Å². The second-order valence-electron chi connectivity index (χ2n) is 6.01. The molecule has 2 heterocycles. The van der Waals surface area contributed by atoms with Crippen molar-refractivity contribution in [1.29, 1.82) is 0 Å². The van der Waals surface area contributed by atoms with Gasteiger partial charge in [-0.25, -0.2) is 4.98 Å². The summed E-state index contributed by atoms with van der Waals surface area (Å²) in [5, 5.41) is 4.13. The fourth-order valence-corrected chi connectivity index (χ4v) is 3.59. The second kappa shape index (κ2) is 6.79. The van der Waals surface area contributed by atoms with Gasteiger partial charge in [0, 0.05) is 29.9 Å². The van der Waals surface area contributed by atoms with Gasteiger partial charge in [-0.15, -0.1) is 11.8 Å². The number of hydrogen-bond donors (Lipinski definition) is 1. The summed E-state index contributed by atoms with van der Waals surface area (Å²) in [5.41, 5.74) is 2.27. The molecule has 4 nitrogen and oxygen atoms in total. The number of fused-ring (bicyclic) bond motifs is 1. The van der Waals surface area contributed by atoms with Gasteiger partial charge in [0.05, 0.1) is 11.4 Å². The van der Waals surface area contributed by atoms with E-state index >= 15 is 0 Å². The number of thioether (sulfide) groups is 1. The Bertz CT molecular complexity index is 732. The molecule has 1 N–H and O–H groups in total. The van der Waals surface area contributed by atoms with E-state index in [2.05, 4.69) is 47.7 Å². The first-order valence-electron chi connectivity index (χ1n) is 8.10. The first kappa shape index (κ1) is 16.1. The maximum atomic E-state index is 12.0. The molecule has 0 bridgehead atoms. The molecule has 0 aliphatic carbocycles. The number of nitrogens with one attached hydrogen (secondary N) is 1. The van der Waals surface area contributed by atoms with Crippen LogP contribution in [0.15, 0.2) is 29.2 Å². The summed E-state index contributed by atoms with van der Waals surface area (Å²) in [4.78, 5) is 20.3. The van der Waals surface area contributed by atoms with Gasteiger partial charge >= 0.3 is 0 Å². The van der Waals surface area contributed by atoms with Crippen molar-refractivity contribution in [2.24, 2.45) is 5.92 Å². The van der Waals surface area contributed by atoms with Gasteiger partial charge in [-0.2, -0.15) is 0 Å². The van der Waals surface area contributed by atoms with Gasteiger partial charge in [0.2, 0.25) is 5.91 Å². The number of carbonyl (C=O) groups excluding carboxylic acids is 1. The zero-order chi connectivity index (χ0) is 16.4. The molecule has 1 unspecified atom stereocenters. The summed E-state index contributed by atoms with van der Waals surface area (Å²) in [5.74, 6) is 1.22. The Labute approximate surface area is 141 Å². The molecule has 1 aromatic carbocycles. The van der Waals surface area contributed by atoms with Crippen LogP contribution in [0.2, 0.25) is 0 Å². The molecule has 0 spiro atoms. The van der Waals surface area contributed by atoms with E-state index < -0.39 is 0 Å². The number of aryl methyl sites for hydroxylation is 1. The average Bonchev–Trinajstić information content (AvgIpc) is 3.05. The molecule has 0 saturated carbocycles. The molecule has 1 fully saturated rings. The van der Waals surface area contributed by atoms with Crippen molar-refractivity contribution in [2.75, 3.05) is 30.8 Å². The highest BCUT2D eigenvalue weighted by Gasteiger charge is 2.28. The van der Waals surface area contributed by atoms with Crippen LogP contribution in [0.25, 0.3) is 10.9 Å². The maximum Gasteiger partial charge on any atom is 0.224 e. The van der Waals surface area contributed by atoms with E-state index in [1.165, 1.54) is 15.8 Å². The van der Waals surface area contributed by atoms with E-state index in [1.807, 2.05) is 6.92 Å². The van der Waals surface area contributed by atoms with Crippen LogP contribution in [-0.2, 0) is 4.79 Å². The number of aromatic nitrogens is 1. The predicted molar refractivity (Wildman–Crippen MR) is 97.3 cm³/mol. The number of carbonyl (C=O) groups is 1. The third kappa shape index (κ3) is 3.29. The molecule has 0 radical (unpaired) electrons. The van der Waals surface area contributed by atoms with Crippen molar-refractivity contribution in [2.45, 2.75) is 25.2 Å². The average molecular weight is 329 g/mol. The van der Waals surface area contributed by atoms with Crippen LogP contribution < -0.4 is 10.2 Å².